The van der Waals surface area contributed by atoms with E-state index in [2.05, 4.69) is 19.9 Å². The predicted octanol–water partition coefficient (Wildman–Crippen LogP) is 3.32. The lowest BCUT2D eigenvalue weighted by molar-refractivity contribution is 0.329. The van der Waals surface area contributed by atoms with Crippen molar-refractivity contribution in [3.8, 4) is 0 Å². The van der Waals surface area contributed by atoms with Gasteiger partial charge in [0.2, 0.25) is 0 Å². The molecule has 0 aromatic carbocycles. The monoisotopic (exact) mass is 144 g/mol. The van der Waals surface area contributed by atoms with Crippen molar-refractivity contribution in [2.45, 2.75) is 33.1 Å². The number of rotatable bonds is 0. The van der Waals surface area contributed by atoms with E-state index < -0.39 is 0 Å². The molecule has 9 heavy (non-hydrogen) atoms. The van der Waals surface area contributed by atoms with Gasteiger partial charge in [-0.1, -0.05) is 31.5 Å². The smallest absolute Gasteiger partial charge is 0.0141 e. The topological polar surface area (TPSA) is 0 Å². The normalized spacial score (nSPS) is 25.4. The molecule has 0 amide bonds. The Hall–Kier alpha value is 0.0300. The highest BCUT2D eigenvalue weighted by Gasteiger charge is 2.19. The molecule has 0 unspecified atom stereocenters. The fourth-order valence-electron chi connectivity index (χ4n) is 1.05. The van der Waals surface area contributed by atoms with Gasteiger partial charge in [-0.15, -0.1) is 0 Å². The largest absolute Gasteiger partial charge is 0.0895 e. The second-order valence-electron chi connectivity index (χ2n) is 3.52. The van der Waals surface area contributed by atoms with Crippen LogP contribution in [-0.4, -0.2) is 0 Å². The molecule has 0 aromatic heterocycles. The maximum absolute atomic E-state index is 5.81. The average molecular weight is 145 g/mol. The van der Waals surface area contributed by atoms with E-state index in [1.165, 1.54) is 6.42 Å². The van der Waals surface area contributed by atoms with Crippen molar-refractivity contribution in [1.82, 2.24) is 0 Å². The van der Waals surface area contributed by atoms with Crippen LogP contribution in [0.5, 0.6) is 0 Å². The number of hydrogen-bond donors (Lipinski definition) is 0. The molecular weight excluding hydrogens is 132 g/mol. The summed E-state index contributed by atoms with van der Waals surface area (Å²) in [4.78, 5) is 0. The summed E-state index contributed by atoms with van der Waals surface area (Å²) in [5.74, 6) is 0. The lowest BCUT2D eigenvalue weighted by Crippen LogP contribution is -2.12. The Morgan fingerprint density at radius 1 is 1.56 bits per heavy atom. The van der Waals surface area contributed by atoms with Crippen LogP contribution < -0.4 is 0 Å². The zero-order valence-electron chi connectivity index (χ0n) is 6.08. The van der Waals surface area contributed by atoms with Crippen molar-refractivity contribution in [1.29, 1.82) is 0 Å². The van der Waals surface area contributed by atoms with E-state index in [9.17, 15) is 0 Å². The molecule has 0 atom stereocenters. The van der Waals surface area contributed by atoms with Crippen LogP contribution in [0.25, 0.3) is 0 Å². The summed E-state index contributed by atoms with van der Waals surface area (Å²) >= 11 is 5.81. The SMILES string of the molecule is CC1(C)CC=C(Cl)CC1. The van der Waals surface area contributed by atoms with Crippen LogP contribution in [0, 0.1) is 5.41 Å². The molecule has 0 aliphatic heterocycles. The minimum Gasteiger partial charge on any atom is -0.0895 e. The van der Waals surface area contributed by atoms with Gasteiger partial charge in [0.15, 0.2) is 0 Å². The van der Waals surface area contributed by atoms with Crippen LogP contribution in [-0.2, 0) is 0 Å². The van der Waals surface area contributed by atoms with Crippen molar-refractivity contribution < 1.29 is 0 Å². The molecule has 0 radical (unpaired) electrons. The number of halogens is 1. The second kappa shape index (κ2) is 2.34. The van der Waals surface area contributed by atoms with Gasteiger partial charge in [0.1, 0.15) is 0 Å². The van der Waals surface area contributed by atoms with Crippen LogP contribution in [0.1, 0.15) is 33.1 Å². The highest BCUT2D eigenvalue weighted by molar-refractivity contribution is 6.29. The third kappa shape index (κ3) is 2.02. The first kappa shape index (κ1) is 7.14. The van der Waals surface area contributed by atoms with Gasteiger partial charge in [-0.3, -0.25) is 0 Å². The van der Waals surface area contributed by atoms with E-state index in [1.807, 2.05) is 0 Å². The van der Waals surface area contributed by atoms with Crippen molar-refractivity contribution >= 4 is 11.6 Å². The second-order valence-corrected chi connectivity index (χ2v) is 4.00. The molecule has 0 saturated heterocycles. The van der Waals surface area contributed by atoms with Gasteiger partial charge in [0.05, 0.1) is 0 Å². The van der Waals surface area contributed by atoms with Gasteiger partial charge >= 0.3 is 0 Å². The highest BCUT2D eigenvalue weighted by Crippen LogP contribution is 2.35. The van der Waals surface area contributed by atoms with E-state index in [4.69, 9.17) is 11.6 Å². The Morgan fingerprint density at radius 2 is 2.22 bits per heavy atom. The van der Waals surface area contributed by atoms with Gasteiger partial charge in [0.25, 0.3) is 0 Å². The van der Waals surface area contributed by atoms with Gasteiger partial charge in [0, 0.05) is 5.03 Å². The molecule has 1 heteroatoms. The summed E-state index contributed by atoms with van der Waals surface area (Å²) in [6.07, 6.45) is 5.60. The van der Waals surface area contributed by atoms with Crippen molar-refractivity contribution in [2.24, 2.45) is 5.41 Å². The fraction of sp³-hybridized carbons (Fsp3) is 0.750. The van der Waals surface area contributed by atoms with Gasteiger partial charge in [-0.25, -0.2) is 0 Å². The molecule has 0 fully saturated rings. The summed E-state index contributed by atoms with van der Waals surface area (Å²) in [7, 11) is 0. The maximum atomic E-state index is 5.81. The zero-order valence-corrected chi connectivity index (χ0v) is 6.83. The molecule has 52 valence electrons. The first-order chi connectivity index (χ1) is 4.10. The van der Waals surface area contributed by atoms with Gasteiger partial charge < -0.3 is 0 Å². The number of allylic oxidation sites excluding steroid dienone is 2. The molecule has 0 N–H and O–H groups in total. The van der Waals surface area contributed by atoms with E-state index >= 15 is 0 Å². The number of hydrogen-bond acceptors (Lipinski definition) is 0. The molecule has 1 rings (SSSR count). The molecule has 1 aliphatic carbocycles. The van der Waals surface area contributed by atoms with Crippen molar-refractivity contribution in [3.63, 3.8) is 0 Å². The van der Waals surface area contributed by atoms with E-state index in [0.29, 0.717) is 5.41 Å². The van der Waals surface area contributed by atoms with Crippen LogP contribution in [0.3, 0.4) is 0 Å². The molecule has 1 aliphatic rings. The van der Waals surface area contributed by atoms with Crippen molar-refractivity contribution in [2.75, 3.05) is 0 Å². The molecule has 0 bridgehead atoms. The van der Waals surface area contributed by atoms with Crippen LogP contribution in [0.15, 0.2) is 11.1 Å². The Labute approximate surface area is 61.9 Å². The molecule has 0 aromatic rings. The Balaban J connectivity index is 2.56. The lowest BCUT2D eigenvalue weighted by atomic mass is 9.81. The Kier molecular flexibility index (Phi) is 1.85. The third-order valence-electron chi connectivity index (χ3n) is 1.92. The molecule has 0 saturated carbocycles. The summed E-state index contributed by atoms with van der Waals surface area (Å²) in [6.45, 7) is 4.57. The van der Waals surface area contributed by atoms with E-state index in [-0.39, 0.29) is 0 Å². The predicted molar refractivity (Wildman–Crippen MR) is 41.6 cm³/mol. The summed E-state index contributed by atoms with van der Waals surface area (Å²) in [6, 6.07) is 0. The van der Waals surface area contributed by atoms with E-state index in [1.54, 1.807) is 0 Å². The molecule has 0 nitrogen and oxygen atoms in total. The van der Waals surface area contributed by atoms with E-state index in [0.717, 1.165) is 17.9 Å². The van der Waals surface area contributed by atoms with Crippen LogP contribution in [0.2, 0.25) is 0 Å². The Morgan fingerprint density at radius 3 is 2.56 bits per heavy atom. The quantitative estimate of drug-likeness (QED) is 0.489. The summed E-state index contributed by atoms with van der Waals surface area (Å²) < 4.78 is 0. The molecular formula is C8H13Cl. The molecule has 0 heterocycles. The molecule has 0 spiro atoms. The van der Waals surface area contributed by atoms with Crippen LogP contribution in [0.4, 0.5) is 0 Å². The standard InChI is InChI=1S/C8H13Cl/c1-8(2)5-3-7(9)4-6-8/h3H,4-6H2,1-2H3. The van der Waals surface area contributed by atoms with Crippen molar-refractivity contribution in [3.05, 3.63) is 11.1 Å². The summed E-state index contributed by atoms with van der Waals surface area (Å²) in [5, 5.41) is 1.05. The fourth-order valence-corrected chi connectivity index (χ4v) is 1.22. The summed E-state index contributed by atoms with van der Waals surface area (Å²) in [5.41, 5.74) is 0.498. The minimum absolute atomic E-state index is 0.498. The zero-order chi connectivity index (χ0) is 6.91. The highest BCUT2D eigenvalue weighted by atomic mass is 35.5. The van der Waals surface area contributed by atoms with Gasteiger partial charge in [-0.2, -0.15) is 0 Å². The lowest BCUT2D eigenvalue weighted by Gasteiger charge is -2.26. The van der Waals surface area contributed by atoms with Crippen LogP contribution >= 0.6 is 11.6 Å². The Bertz CT molecular complexity index is 134. The third-order valence-corrected chi connectivity index (χ3v) is 2.26. The van der Waals surface area contributed by atoms with Gasteiger partial charge in [-0.05, 0) is 24.7 Å². The minimum atomic E-state index is 0.498. The first-order valence-electron chi connectivity index (χ1n) is 3.45. The first-order valence-corrected chi connectivity index (χ1v) is 3.82. The average Bonchev–Trinajstić information content (AvgIpc) is 1.78. The maximum Gasteiger partial charge on any atom is 0.0141 e.